The zero-order valence-corrected chi connectivity index (χ0v) is 32.6. The van der Waals surface area contributed by atoms with Gasteiger partial charge in [0.2, 0.25) is 17.7 Å². The molecule has 4 aromatic rings. The highest BCUT2D eigenvalue weighted by Gasteiger charge is 2.50. The van der Waals surface area contributed by atoms with E-state index in [0.717, 1.165) is 46.4 Å². The smallest absolute Gasteiger partial charge is 0.266 e. The number of pyridine rings is 2. The number of hydrogen-bond donors (Lipinski definition) is 1. The normalized spacial score (nSPS) is 20.4. The first-order valence-electron chi connectivity index (χ1n) is 19.3. The summed E-state index contributed by atoms with van der Waals surface area (Å²) in [5.41, 5.74) is 2.55. The van der Waals surface area contributed by atoms with Crippen LogP contribution in [0.25, 0.3) is 21.9 Å². The van der Waals surface area contributed by atoms with E-state index in [0.29, 0.717) is 36.5 Å². The molecule has 8 rings (SSSR count). The van der Waals surface area contributed by atoms with Crippen LogP contribution in [0.5, 0.6) is 17.2 Å². The molecule has 3 fully saturated rings. The molecule has 0 aliphatic carbocycles. The van der Waals surface area contributed by atoms with Gasteiger partial charge in [0, 0.05) is 69.3 Å². The molecule has 0 bridgehead atoms. The number of methoxy groups -OCH3 is 2. The Morgan fingerprint density at radius 1 is 0.914 bits per heavy atom. The van der Waals surface area contributed by atoms with E-state index in [1.54, 1.807) is 50.4 Å². The number of benzene rings is 2. The number of aromatic nitrogens is 2. The van der Waals surface area contributed by atoms with Crippen LogP contribution >= 0.6 is 0 Å². The summed E-state index contributed by atoms with van der Waals surface area (Å²) in [6, 6.07) is 9.40. The first-order valence-corrected chi connectivity index (χ1v) is 19.3. The number of imide groups is 2. The van der Waals surface area contributed by atoms with Crippen molar-refractivity contribution >= 4 is 40.3 Å². The molecule has 0 radical (unpaired) electrons. The van der Waals surface area contributed by atoms with Crippen molar-refractivity contribution in [1.82, 2.24) is 29.6 Å². The quantitative estimate of drug-likeness (QED) is 0.155. The molecule has 16 nitrogen and oxygen atoms in total. The summed E-state index contributed by atoms with van der Waals surface area (Å²) in [5.74, 6) is -0.836. The lowest BCUT2D eigenvalue weighted by Crippen LogP contribution is -2.60. The monoisotopic (exact) mass is 792 g/mol. The third-order valence-electron chi connectivity index (χ3n) is 11.8. The maximum atomic E-state index is 13.3. The lowest BCUT2D eigenvalue weighted by atomic mass is 9.83. The van der Waals surface area contributed by atoms with Crippen LogP contribution in [-0.2, 0) is 32.7 Å². The van der Waals surface area contributed by atoms with Gasteiger partial charge in [0.15, 0.2) is 0 Å². The van der Waals surface area contributed by atoms with Gasteiger partial charge in [-0.25, -0.2) is 0 Å². The number of likely N-dealkylation sites (tertiary alicyclic amines) is 2. The van der Waals surface area contributed by atoms with Crippen molar-refractivity contribution in [2.24, 2.45) is 7.05 Å². The van der Waals surface area contributed by atoms with Gasteiger partial charge >= 0.3 is 0 Å². The van der Waals surface area contributed by atoms with E-state index >= 15 is 0 Å². The van der Waals surface area contributed by atoms with Gasteiger partial charge in [0.05, 0.1) is 55.9 Å². The predicted molar refractivity (Wildman–Crippen MR) is 209 cm³/mol. The summed E-state index contributed by atoms with van der Waals surface area (Å²) in [6.07, 6.45) is 7.18. The van der Waals surface area contributed by atoms with Crippen molar-refractivity contribution in [2.45, 2.75) is 50.2 Å². The number of piperidine rings is 1. The Bertz CT molecular complexity index is 2390. The number of nitrogens with zero attached hydrogens (tertiary/aromatic N) is 5. The van der Waals surface area contributed by atoms with E-state index in [1.165, 1.54) is 6.07 Å². The van der Waals surface area contributed by atoms with Crippen molar-refractivity contribution < 1.29 is 42.9 Å². The summed E-state index contributed by atoms with van der Waals surface area (Å²) in [4.78, 5) is 85.9. The van der Waals surface area contributed by atoms with Gasteiger partial charge in [0.1, 0.15) is 29.9 Å². The molecule has 1 N–H and O–H groups in total. The highest BCUT2D eigenvalue weighted by atomic mass is 16.5. The number of ether oxygens (including phenoxy) is 4. The summed E-state index contributed by atoms with van der Waals surface area (Å²) in [5, 5.41) is 3.51. The van der Waals surface area contributed by atoms with Gasteiger partial charge in [0.25, 0.3) is 17.4 Å². The molecule has 58 heavy (non-hydrogen) atoms. The highest BCUT2D eigenvalue weighted by molar-refractivity contribution is 6.24. The van der Waals surface area contributed by atoms with Crippen LogP contribution in [0.3, 0.4) is 0 Å². The molecule has 2 aromatic heterocycles. The van der Waals surface area contributed by atoms with E-state index in [9.17, 15) is 28.8 Å². The minimum atomic E-state index is -1.07. The van der Waals surface area contributed by atoms with Gasteiger partial charge in [-0.15, -0.1) is 0 Å². The Morgan fingerprint density at radius 3 is 2.41 bits per heavy atom. The van der Waals surface area contributed by atoms with Crippen LogP contribution in [0.4, 0.5) is 0 Å². The third kappa shape index (κ3) is 6.85. The second-order valence-electron chi connectivity index (χ2n) is 15.0. The third-order valence-corrected chi connectivity index (χ3v) is 11.8. The maximum Gasteiger partial charge on any atom is 0.266 e. The second-order valence-corrected chi connectivity index (χ2v) is 15.0. The summed E-state index contributed by atoms with van der Waals surface area (Å²) >= 11 is 0. The average Bonchev–Trinajstić information content (AvgIpc) is 3.80. The molecule has 1 spiro atoms. The summed E-state index contributed by atoms with van der Waals surface area (Å²) in [6.45, 7) is 3.10. The fourth-order valence-corrected chi connectivity index (χ4v) is 8.63. The van der Waals surface area contributed by atoms with E-state index < -0.39 is 29.7 Å². The Labute approximate surface area is 333 Å². The number of rotatable bonds is 13. The van der Waals surface area contributed by atoms with Gasteiger partial charge < -0.3 is 28.4 Å². The number of hydrogen-bond acceptors (Lipinski definition) is 12. The summed E-state index contributed by atoms with van der Waals surface area (Å²) < 4.78 is 25.0. The Morgan fingerprint density at radius 2 is 1.69 bits per heavy atom. The van der Waals surface area contributed by atoms with Crippen molar-refractivity contribution in [3.8, 4) is 28.4 Å². The molecule has 2 aromatic carbocycles. The standard InChI is InChI=1S/C42H44N6O10/c1-45-22-29(26-9-13-43-21-28(26)39(45)52)25-19-33(55-2)30(34(20-25)56-3)23-47-15-12-42(47)11-14-46(24-42)36(50)10-16-57-17-18-58-32-6-4-5-27-37(32)41(54)48(40(27)53)31-7-8-35(49)44-38(31)51/h4-6,9,13,19-22,31H,7-8,10-12,14-18,23-24H2,1-3H3,(H,44,49,51). The molecule has 4 aliphatic rings. The van der Waals surface area contributed by atoms with Gasteiger partial charge in [-0.3, -0.25) is 48.9 Å². The first-order chi connectivity index (χ1) is 28.0. The molecule has 3 saturated heterocycles. The number of carbonyl (C=O) groups excluding carboxylic acids is 5. The van der Waals surface area contributed by atoms with Crippen LogP contribution in [0, 0.1) is 0 Å². The molecular formula is C42H44N6O10. The van der Waals surface area contributed by atoms with Crippen LogP contribution in [0.2, 0.25) is 0 Å². The minimum Gasteiger partial charge on any atom is -0.496 e. The van der Waals surface area contributed by atoms with E-state index in [4.69, 9.17) is 18.9 Å². The lowest BCUT2D eigenvalue weighted by Gasteiger charge is -2.51. The zero-order chi connectivity index (χ0) is 40.7. The van der Waals surface area contributed by atoms with Crippen molar-refractivity contribution in [2.75, 3.05) is 53.7 Å². The molecule has 6 heterocycles. The Hall–Kier alpha value is -6.13. The summed E-state index contributed by atoms with van der Waals surface area (Å²) in [7, 11) is 4.99. The fraction of sp³-hybridized carbons (Fsp3) is 0.405. The van der Waals surface area contributed by atoms with E-state index in [2.05, 4.69) is 15.2 Å². The molecular weight excluding hydrogens is 748 g/mol. The number of aryl methyl sites for hydroxylation is 1. The molecule has 2 atom stereocenters. The van der Waals surface area contributed by atoms with Crippen LogP contribution in [0.1, 0.15) is 58.4 Å². The van der Waals surface area contributed by atoms with E-state index in [-0.39, 0.29) is 73.0 Å². The number of nitrogens with one attached hydrogen (secondary N) is 1. The van der Waals surface area contributed by atoms with E-state index in [1.807, 2.05) is 29.3 Å². The van der Waals surface area contributed by atoms with Crippen molar-refractivity contribution in [3.05, 3.63) is 82.0 Å². The zero-order valence-electron chi connectivity index (χ0n) is 32.6. The van der Waals surface area contributed by atoms with Gasteiger partial charge in [-0.1, -0.05) is 6.07 Å². The number of carbonyl (C=O) groups is 5. The average molecular weight is 793 g/mol. The molecule has 4 aliphatic heterocycles. The Balaban J connectivity index is 0.843. The predicted octanol–water partition coefficient (Wildman–Crippen LogP) is 2.68. The second kappa shape index (κ2) is 15.7. The minimum absolute atomic E-state index is 0.00220. The Kier molecular flexibility index (Phi) is 10.5. The molecule has 16 heteroatoms. The fourth-order valence-electron chi connectivity index (χ4n) is 8.63. The molecule has 0 saturated carbocycles. The lowest BCUT2D eigenvalue weighted by molar-refractivity contribution is -0.136. The highest BCUT2D eigenvalue weighted by Crippen LogP contribution is 2.44. The first kappa shape index (κ1) is 38.7. The maximum absolute atomic E-state index is 13.3. The largest absolute Gasteiger partial charge is 0.496 e. The topological polar surface area (TPSA) is 179 Å². The van der Waals surface area contributed by atoms with Crippen LogP contribution in [0.15, 0.2) is 59.8 Å². The molecule has 5 amide bonds. The van der Waals surface area contributed by atoms with Gasteiger partial charge in [-0.2, -0.15) is 0 Å². The van der Waals surface area contributed by atoms with Crippen molar-refractivity contribution in [3.63, 3.8) is 0 Å². The SMILES string of the molecule is COc1cc(-c2cn(C)c(=O)c3cnccc23)cc(OC)c1CN1CCC12CCN(C(=O)CCOCCOc1cccc3c1C(=O)N(C1CCC(=O)NC1=O)C3=O)C2. The van der Waals surface area contributed by atoms with Crippen LogP contribution in [-0.4, -0.2) is 119 Å². The van der Waals surface area contributed by atoms with Crippen molar-refractivity contribution in [1.29, 1.82) is 0 Å². The molecule has 2 unspecified atom stereocenters. The number of fused-ring (bicyclic) bond motifs is 2. The van der Waals surface area contributed by atoms with Gasteiger partial charge in [-0.05, 0) is 60.5 Å². The molecule has 302 valence electrons. The van der Waals surface area contributed by atoms with Crippen LogP contribution < -0.4 is 25.1 Å². The number of amides is 5.